The molecule has 108 heavy (non-hydrogen) atoms. The van der Waals surface area contributed by atoms with Crippen LogP contribution in [0.5, 0.6) is 11.5 Å². The van der Waals surface area contributed by atoms with Gasteiger partial charge in [-0.05, 0) is 138 Å². The van der Waals surface area contributed by atoms with E-state index in [1.165, 1.54) is 46.5 Å². The van der Waals surface area contributed by atoms with Crippen LogP contribution in [0.15, 0.2) is 42.9 Å². The third-order valence-electron chi connectivity index (χ3n) is 18.5. The summed E-state index contributed by atoms with van der Waals surface area (Å²) in [5, 5.41) is 16.3. The van der Waals surface area contributed by atoms with Crippen molar-refractivity contribution in [2.75, 3.05) is 121 Å². The van der Waals surface area contributed by atoms with Crippen molar-refractivity contribution in [1.82, 2.24) is 24.4 Å². The number of hydrogen-bond acceptors (Lipinski definition) is 26. The van der Waals surface area contributed by atoms with Crippen molar-refractivity contribution in [2.24, 2.45) is 0 Å². The van der Waals surface area contributed by atoms with Gasteiger partial charge in [0, 0.05) is 122 Å². The number of carboxylic acid groups (broad SMARTS) is 1. The lowest BCUT2D eigenvalue weighted by Crippen LogP contribution is -2.45. The van der Waals surface area contributed by atoms with E-state index in [0.717, 1.165) is 118 Å². The molecule has 0 radical (unpaired) electrons. The minimum absolute atomic E-state index is 0.0162. The molecule has 8 N–H and O–H groups in total. The van der Waals surface area contributed by atoms with E-state index in [-0.39, 0.29) is 59.7 Å². The number of carbonyl (C=O) groups is 4. The standard InChI is InChI=1S/C41H47N3O6.C30H47N4O17P3S4/c1-42-14-20-49-22-21-48-19-6-11-35(45)26-12-13-29(41(46)47)32(23-26)36-33-24-27-7-2-15-43-17-4-9-30(37(27)43)39(33)50-40-31-10-5-18-44-16-3-8-28(38(31)44)25-34(36)40;1-21(35)45-14-11-30(2,3)57-56-19-44-12-7-8-13-46-26(36)10-6-5-9-22-16-34(29-27(22)28(31)32-18-33-29)25-15-23(47-20-58(4)55)24(49-25)17-48-53(40,41)51-54(42,43)50-52(37,38)39/h12-13,23-25,42H,2-11,14-22H2,1H3;16,18,23-25H,6-8,10-15,17,19-20H2,1-4H3,(H,40,41)(H,42,43)(H2,31,32,33)(H2,37,38,39)/p+1/t;23-,24+,25+,58?/m.0/s1. The van der Waals surface area contributed by atoms with Gasteiger partial charge in [0.05, 0.1) is 80.2 Å². The molecule has 0 saturated carbocycles. The first kappa shape index (κ1) is 84.9. The largest absolute Gasteiger partial charge is 0.490 e. The van der Waals surface area contributed by atoms with Gasteiger partial charge in [0.1, 0.15) is 60.7 Å². The molecule has 2 aromatic heterocycles. The van der Waals surface area contributed by atoms with Gasteiger partial charge >= 0.3 is 41.4 Å². The van der Waals surface area contributed by atoms with Crippen LogP contribution in [-0.4, -0.2) is 191 Å². The number of anilines is 2. The molecular weight excluding hydrogens is 1540 g/mol. The quantitative estimate of drug-likeness (QED) is 0.00280. The SMILES string of the molecule is CC(=O)OCCC(C)(C)SSCOCCCCOC(=O)CCC#Cc1cn([C@H]2C[C@H](OCS(C)=S)[C@@H](COP(=O)(O)OP(=O)(O)OP(=O)(O)O)O2)c2ncnc(N)c12.CNCCOCCOCCCC(=O)c1ccc(C(=O)O)c(C2=c3cc4c5c(c3Oc3c2cc2c6c3CCCN6CCC2)CCC[N+]=5CCC4)c1. The maximum atomic E-state index is 13.7. The molecule has 590 valence electrons. The molecule has 6 atom stereocenters. The Morgan fingerprint density at radius 1 is 0.843 bits per heavy atom. The molecule has 37 heteroatoms. The molecule has 0 bridgehead atoms. The Morgan fingerprint density at radius 3 is 2.32 bits per heavy atom. The van der Waals surface area contributed by atoms with E-state index < -0.39 is 69.9 Å². The highest BCUT2D eigenvalue weighted by Gasteiger charge is 2.45. The molecule has 0 amide bonds. The number of ketones is 1. The van der Waals surface area contributed by atoms with Crippen molar-refractivity contribution in [3.8, 4) is 23.3 Å². The Kier molecular flexibility index (Phi) is 30.9. The van der Waals surface area contributed by atoms with Gasteiger partial charge in [-0.25, -0.2) is 33.0 Å². The van der Waals surface area contributed by atoms with Crippen molar-refractivity contribution in [1.29, 1.82) is 0 Å². The number of aryl methyl sites for hydroxylation is 2. The maximum Gasteiger partial charge on any atom is 0.490 e. The maximum absolute atomic E-state index is 13.7. The van der Waals surface area contributed by atoms with Gasteiger partial charge < -0.3 is 83.1 Å². The lowest BCUT2D eigenvalue weighted by atomic mass is 9.81. The highest BCUT2D eigenvalue weighted by molar-refractivity contribution is 8.77. The Labute approximate surface area is 641 Å². The van der Waals surface area contributed by atoms with Crippen molar-refractivity contribution in [3.63, 3.8) is 0 Å². The number of benzene rings is 3. The second kappa shape index (κ2) is 39.3. The highest BCUT2D eigenvalue weighted by atomic mass is 33.1. The summed E-state index contributed by atoms with van der Waals surface area (Å²) in [5.41, 5.74) is 16.6. The summed E-state index contributed by atoms with van der Waals surface area (Å²) >= 11 is 5.21. The molecule has 5 aromatic rings. The number of nitrogens with zero attached hydrogens (tertiary/aromatic N) is 5. The van der Waals surface area contributed by atoms with Gasteiger partial charge in [0.25, 0.3) is 0 Å². The average molecular weight is 1640 g/mol. The van der Waals surface area contributed by atoms with E-state index in [0.29, 0.717) is 99.0 Å². The smallest absolute Gasteiger partial charge is 0.478 e. The normalized spacial score (nSPS) is 18.5. The number of nitrogens with one attached hydrogen (secondary N) is 1. The molecule has 11 rings (SSSR count). The van der Waals surface area contributed by atoms with Crippen molar-refractivity contribution >= 4 is 118 Å². The number of aromatic nitrogens is 3. The number of fused-ring (bicyclic) bond motifs is 5. The van der Waals surface area contributed by atoms with Crippen molar-refractivity contribution < 1.29 is 109 Å². The number of phosphoric ester groups is 1. The van der Waals surface area contributed by atoms with E-state index in [4.69, 9.17) is 69.1 Å². The molecule has 1 saturated heterocycles. The first-order valence-corrected chi connectivity index (χ1v) is 45.4. The predicted molar refractivity (Wildman–Crippen MR) is 411 cm³/mol. The van der Waals surface area contributed by atoms with Gasteiger partial charge in [-0.15, -0.1) is 0 Å². The summed E-state index contributed by atoms with van der Waals surface area (Å²) in [5.74, 6) is 6.69. The number of ether oxygens (including phenoxy) is 8. The summed E-state index contributed by atoms with van der Waals surface area (Å²) in [7, 11) is -12.2. The van der Waals surface area contributed by atoms with Gasteiger partial charge in [-0.3, -0.25) is 18.9 Å². The molecule has 3 unspecified atom stereocenters. The van der Waals surface area contributed by atoms with E-state index in [2.05, 4.69) is 71.2 Å². The van der Waals surface area contributed by atoms with Crippen LogP contribution in [0, 0.1) is 11.8 Å². The Morgan fingerprint density at radius 2 is 1.57 bits per heavy atom. The molecule has 6 aliphatic rings. The molecule has 8 heterocycles. The lowest BCUT2D eigenvalue weighted by Gasteiger charge is -2.39. The van der Waals surface area contributed by atoms with E-state index in [1.54, 1.807) is 50.7 Å². The van der Waals surface area contributed by atoms with Gasteiger partial charge in [0.15, 0.2) is 5.78 Å². The van der Waals surface area contributed by atoms with Crippen LogP contribution in [0.25, 0.3) is 16.6 Å². The van der Waals surface area contributed by atoms with E-state index >= 15 is 0 Å². The predicted octanol–water partition coefficient (Wildman–Crippen LogP) is 8.28. The number of esters is 2. The molecule has 6 aliphatic heterocycles. The van der Waals surface area contributed by atoms with Crippen LogP contribution < -0.4 is 35.8 Å². The minimum atomic E-state index is -5.73. The number of rotatable bonds is 38. The lowest BCUT2D eigenvalue weighted by molar-refractivity contribution is -0.144. The average Bonchev–Trinajstić information content (AvgIpc) is 0.777. The fourth-order valence-corrected chi connectivity index (χ4v) is 19.6. The molecule has 1 fully saturated rings. The monoisotopic (exact) mass is 1630 g/mol. The summed E-state index contributed by atoms with van der Waals surface area (Å²) < 4.78 is 97.9. The first-order valence-electron chi connectivity index (χ1n) is 35.9. The number of likely N-dealkylation sites (N-methyl/N-ethyl adjacent to an activating group) is 1. The van der Waals surface area contributed by atoms with Crippen molar-refractivity contribution in [3.05, 3.63) is 104 Å². The Hall–Kier alpha value is -5.57. The molecule has 30 nitrogen and oxygen atoms in total. The van der Waals surface area contributed by atoms with Gasteiger partial charge in [-0.1, -0.05) is 48.9 Å². The second-order valence-electron chi connectivity index (χ2n) is 27.1. The molecule has 0 aliphatic carbocycles. The number of Topliss-reactive ketones (excluding diaryl/α,β-unsaturated/α-hetero) is 1. The number of phosphoric acid groups is 3. The summed E-state index contributed by atoms with van der Waals surface area (Å²) in [6.07, 6.45) is 13.4. The van der Waals surface area contributed by atoms with Crippen molar-refractivity contribution in [2.45, 2.75) is 147 Å². The zero-order chi connectivity index (χ0) is 77.3. The Balaban J connectivity index is 0.000000232. The van der Waals surface area contributed by atoms with E-state index in [1.807, 2.05) is 13.1 Å². The van der Waals surface area contributed by atoms with E-state index in [9.17, 15) is 47.8 Å². The van der Waals surface area contributed by atoms with Crippen LogP contribution >= 0.6 is 45.1 Å². The topological polar surface area (TPSA) is 397 Å². The van der Waals surface area contributed by atoms with Crippen LogP contribution in [0.2, 0.25) is 0 Å². The fraction of sp³-hybridized carbons (Fsp3) is 0.563. The third-order valence-corrected chi connectivity index (χ3v) is 26.1. The summed E-state index contributed by atoms with van der Waals surface area (Å²) in [6, 6.07) is 9.70. The fourth-order valence-electron chi connectivity index (χ4n) is 13.8. The summed E-state index contributed by atoms with van der Waals surface area (Å²) in [4.78, 5) is 97.8. The molecule has 0 spiro atoms. The van der Waals surface area contributed by atoms with Gasteiger partial charge in [0.2, 0.25) is 5.36 Å². The van der Waals surface area contributed by atoms with Gasteiger partial charge in [-0.2, -0.15) is 8.62 Å². The number of nitrogen functional groups attached to an aromatic ring is 1. The second-order valence-corrected chi connectivity index (χ2v) is 37.6. The van der Waals surface area contributed by atoms with Crippen LogP contribution in [0.1, 0.15) is 164 Å². The van der Waals surface area contributed by atoms with Crippen LogP contribution in [-0.2, 0) is 116 Å². The third kappa shape index (κ3) is 23.3. The number of aromatic carboxylic acids is 1. The number of unbranched alkanes of at least 4 members (excludes halogenated alkanes) is 1. The minimum Gasteiger partial charge on any atom is -0.478 e. The number of hydrogen-bond donors (Lipinski definition) is 7. The zero-order valence-electron chi connectivity index (χ0n) is 61.1. The number of carboxylic acids is 1. The molecule has 3 aromatic carbocycles. The number of carbonyl (C=O) groups excluding carboxylic acids is 3. The number of nitrogens with two attached hydrogens (primary N) is 1. The van der Waals surface area contributed by atoms with Crippen LogP contribution in [0.3, 0.4) is 0 Å². The first-order chi connectivity index (χ1) is 51.6. The molecular formula is C71H95N7O23P3S4+. The summed E-state index contributed by atoms with van der Waals surface area (Å²) in [6.45, 7) is 13.0. The Bertz CT molecular complexity index is 4490. The highest BCUT2D eigenvalue weighted by Crippen LogP contribution is 2.66. The zero-order valence-corrected chi connectivity index (χ0v) is 67.0. The van der Waals surface area contributed by atoms with Crippen LogP contribution in [0.4, 0.5) is 11.5 Å².